The summed E-state index contributed by atoms with van der Waals surface area (Å²) in [5.41, 5.74) is -0.516. The number of amides is 1. The van der Waals surface area contributed by atoms with Gasteiger partial charge in [0, 0.05) is 32.0 Å². The predicted octanol–water partition coefficient (Wildman–Crippen LogP) is 2.27. The maximum Gasteiger partial charge on any atom is 0.428 e. The highest BCUT2D eigenvalue weighted by Gasteiger charge is 2.43. The van der Waals surface area contributed by atoms with Crippen LogP contribution in [-0.4, -0.2) is 89.5 Å². The maximum absolute atomic E-state index is 13.1. The third kappa shape index (κ3) is 10.5. The first-order chi connectivity index (χ1) is 14.7. The number of ether oxygens (including phenoxy) is 2. The molecule has 1 saturated heterocycles. The van der Waals surface area contributed by atoms with Crippen LogP contribution >= 0.6 is 0 Å². The van der Waals surface area contributed by atoms with E-state index in [1.54, 1.807) is 0 Å². The van der Waals surface area contributed by atoms with Gasteiger partial charge in [-0.15, -0.1) is 0 Å². The number of likely N-dealkylation sites (tertiary alicyclic amines) is 1. The Morgan fingerprint density at radius 3 is 2.19 bits per heavy atom. The van der Waals surface area contributed by atoms with Gasteiger partial charge in [-0.05, 0) is 46.5 Å². The van der Waals surface area contributed by atoms with E-state index in [9.17, 15) is 33.0 Å². The normalized spacial score (nSPS) is 18.0. The molecule has 1 amide bonds. The number of hydrogen-bond donors (Lipinski definition) is 2. The summed E-state index contributed by atoms with van der Waals surface area (Å²) in [7, 11) is 1.26. The van der Waals surface area contributed by atoms with Crippen LogP contribution in [0.4, 0.5) is 13.2 Å². The van der Waals surface area contributed by atoms with E-state index in [2.05, 4.69) is 4.74 Å². The average molecular weight is 471 g/mol. The van der Waals surface area contributed by atoms with E-state index < -0.39 is 42.7 Å². The second-order valence-corrected chi connectivity index (χ2v) is 9.11. The number of carbonyl (C=O) groups excluding carboxylic acids is 2. The Morgan fingerprint density at radius 2 is 1.69 bits per heavy atom. The third-order valence-electron chi connectivity index (χ3n) is 5.30. The fourth-order valence-electron chi connectivity index (χ4n) is 3.52. The van der Waals surface area contributed by atoms with E-state index in [0.717, 1.165) is 0 Å². The van der Waals surface area contributed by atoms with Gasteiger partial charge in [0.15, 0.2) is 6.29 Å². The molecule has 2 N–H and O–H groups in total. The number of aliphatic hydroxyl groups excluding tert-OH is 2. The fraction of sp³-hybridized carbons (Fsp3) is 0.905. The molecule has 11 heteroatoms. The highest BCUT2D eigenvalue weighted by molar-refractivity contribution is 5.78. The highest BCUT2D eigenvalue weighted by Crippen LogP contribution is 2.26. The Balaban J connectivity index is 2.58. The Morgan fingerprint density at radius 1 is 1.09 bits per heavy atom. The number of halogens is 3. The molecule has 0 aromatic heterocycles. The van der Waals surface area contributed by atoms with E-state index in [0.29, 0.717) is 43.7 Å². The highest BCUT2D eigenvalue weighted by atomic mass is 19.4. The summed E-state index contributed by atoms with van der Waals surface area (Å²) in [6.07, 6.45) is -6.30. The van der Waals surface area contributed by atoms with E-state index in [1.807, 2.05) is 20.8 Å². The van der Waals surface area contributed by atoms with Crippen LogP contribution < -0.4 is 0 Å². The number of alkyl halides is 3. The molecule has 8 nitrogen and oxygen atoms in total. The first kappa shape index (κ1) is 28.6. The van der Waals surface area contributed by atoms with Crippen molar-refractivity contribution in [2.24, 2.45) is 5.92 Å². The van der Waals surface area contributed by atoms with Crippen LogP contribution in [0.15, 0.2) is 0 Å². The van der Waals surface area contributed by atoms with Crippen LogP contribution in [0, 0.1) is 5.92 Å². The fourth-order valence-corrected chi connectivity index (χ4v) is 3.52. The molecule has 1 aliphatic heterocycles. The lowest BCUT2D eigenvalue weighted by molar-refractivity contribution is -0.250. The van der Waals surface area contributed by atoms with Gasteiger partial charge in [-0.25, -0.2) is 0 Å². The van der Waals surface area contributed by atoms with Crippen LogP contribution in [0.3, 0.4) is 0 Å². The number of hydrogen-bond acceptors (Lipinski definition) is 7. The topological polar surface area (TPSA) is 99.5 Å². The Labute approximate surface area is 187 Å². The monoisotopic (exact) mass is 470 g/mol. The molecule has 0 radical (unpaired) electrons. The van der Waals surface area contributed by atoms with Crippen LogP contribution in [0.25, 0.3) is 0 Å². The second kappa shape index (κ2) is 12.7. The predicted molar refractivity (Wildman–Crippen MR) is 110 cm³/mol. The minimum atomic E-state index is -4.88. The molecule has 1 aliphatic rings. The lowest BCUT2D eigenvalue weighted by Gasteiger charge is -2.37. The molecule has 0 aliphatic carbocycles. The van der Waals surface area contributed by atoms with Crippen LogP contribution in [0.1, 0.15) is 59.3 Å². The van der Waals surface area contributed by atoms with Crippen molar-refractivity contribution in [3.8, 4) is 0 Å². The van der Waals surface area contributed by atoms with Gasteiger partial charge in [0.25, 0.3) is 0 Å². The van der Waals surface area contributed by atoms with Gasteiger partial charge in [-0.1, -0.05) is 6.42 Å². The molecule has 0 aromatic carbocycles. The smallest absolute Gasteiger partial charge is 0.428 e. The molecule has 188 valence electrons. The maximum atomic E-state index is 13.1. The molecule has 1 rings (SSSR count). The van der Waals surface area contributed by atoms with Gasteiger partial charge < -0.3 is 24.6 Å². The van der Waals surface area contributed by atoms with Crippen molar-refractivity contribution in [2.45, 2.75) is 83.6 Å². The number of aliphatic hydroxyl groups is 2. The molecule has 2 unspecified atom stereocenters. The summed E-state index contributed by atoms with van der Waals surface area (Å²) in [5, 5.41) is 19.9. The Hall–Kier alpha value is -1.43. The standard InChI is InChI=1S/C21H37F3N2O6/c1-20(2,3)32-18(29)15-9-12-25(13-10-15)16(27)14-26(19(30)21(22,23)24)11-7-5-6-8-17(28)31-4/h15,18-19,29-30H,5-14H2,1-4H3. The molecular formula is C21H37F3N2O6. The number of esters is 1. The summed E-state index contributed by atoms with van der Waals surface area (Å²) in [4.78, 5) is 25.9. The zero-order chi connectivity index (χ0) is 24.5. The van der Waals surface area contributed by atoms with Crippen molar-refractivity contribution in [3.05, 3.63) is 0 Å². The number of carbonyl (C=O) groups is 2. The van der Waals surface area contributed by atoms with Crippen molar-refractivity contribution in [1.82, 2.24) is 9.80 Å². The first-order valence-electron chi connectivity index (χ1n) is 10.9. The van der Waals surface area contributed by atoms with Gasteiger partial charge in [0.1, 0.15) is 0 Å². The second-order valence-electron chi connectivity index (χ2n) is 9.11. The zero-order valence-corrected chi connectivity index (χ0v) is 19.4. The number of nitrogens with zero attached hydrogens (tertiary/aromatic N) is 2. The lowest BCUT2D eigenvalue weighted by Crippen LogP contribution is -2.52. The SMILES string of the molecule is COC(=O)CCCCCN(CC(=O)N1CCC(C(O)OC(C)(C)C)CC1)C(O)C(F)(F)F. The largest absolute Gasteiger partial charge is 0.469 e. The minimum absolute atomic E-state index is 0.137. The molecule has 0 aromatic rings. The molecular weight excluding hydrogens is 433 g/mol. The van der Waals surface area contributed by atoms with Crippen molar-refractivity contribution < 1.29 is 42.4 Å². The van der Waals surface area contributed by atoms with E-state index in [1.165, 1.54) is 12.0 Å². The van der Waals surface area contributed by atoms with Crippen LogP contribution in [-0.2, 0) is 19.1 Å². The van der Waals surface area contributed by atoms with Crippen molar-refractivity contribution >= 4 is 11.9 Å². The van der Waals surface area contributed by atoms with E-state index in [4.69, 9.17) is 4.74 Å². The first-order valence-corrected chi connectivity index (χ1v) is 10.9. The van der Waals surface area contributed by atoms with Crippen molar-refractivity contribution in [3.63, 3.8) is 0 Å². The molecule has 1 heterocycles. The number of rotatable bonds is 11. The van der Waals surface area contributed by atoms with Gasteiger partial charge in [0.05, 0.1) is 19.3 Å². The minimum Gasteiger partial charge on any atom is -0.469 e. The lowest BCUT2D eigenvalue weighted by atomic mass is 9.95. The van der Waals surface area contributed by atoms with Crippen LogP contribution in [0.2, 0.25) is 0 Å². The van der Waals surface area contributed by atoms with Gasteiger partial charge in [0.2, 0.25) is 12.1 Å². The summed E-state index contributed by atoms with van der Waals surface area (Å²) in [6.45, 7) is 5.36. The van der Waals surface area contributed by atoms with E-state index in [-0.39, 0.29) is 25.3 Å². The summed E-state index contributed by atoms with van der Waals surface area (Å²) < 4.78 is 49.3. The zero-order valence-electron chi connectivity index (χ0n) is 19.4. The van der Waals surface area contributed by atoms with Gasteiger partial charge >= 0.3 is 12.1 Å². The molecule has 2 atom stereocenters. The Bertz CT molecular complexity index is 589. The Kier molecular flexibility index (Phi) is 11.4. The van der Waals surface area contributed by atoms with Crippen LogP contribution in [0.5, 0.6) is 0 Å². The molecule has 0 bridgehead atoms. The molecule has 1 fully saturated rings. The molecule has 32 heavy (non-hydrogen) atoms. The quantitative estimate of drug-likeness (QED) is 0.272. The average Bonchev–Trinajstić information content (AvgIpc) is 2.69. The van der Waals surface area contributed by atoms with E-state index >= 15 is 0 Å². The number of piperidine rings is 1. The van der Waals surface area contributed by atoms with Gasteiger partial charge in [-0.2, -0.15) is 13.2 Å². The summed E-state index contributed by atoms with van der Waals surface area (Å²) in [6, 6.07) is 0. The summed E-state index contributed by atoms with van der Waals surface area (Å²) >= 11 is 0. The van der Waals surface area contributed by atoms with Crippen molar-refractivity contribution in [2.75, 3.05) is 33.3 Å². The third-order valence-corrected chi connectivity index (χ3v) is 5.30. The molecule has 0 spiro atoms. The number of unbranched alkanes of at least 4 members (excludes halogenated alkanes) is 2. The summed E-state index contributed by atoms with van der Waals surface area (Å²) in [5.74, 6) is -1.06. The molecule has 0 saturated carbocycles. The van der Waals surface area contributed by atoms with Gasteiger partial charge in [-0.3, -0.25) is 14.5 Å². The number of methoxy groups -OCH3 is 1. The van der Waals surface area contributed by atoms with Crippen molar-refractivity contribution in [1.29, 1.82) is 0 Å².